The third kappa shape index (κ3) is 2.95. The van der Waals surface area contributed by atoms with Gasteiger partial charge in [0.1, 0.15) is 11.4 Å². The number of ether oxygens (including phenoxy) is 2. The Bertz CT molecular complexity index is 647. The lowest BCUT2D eigenvalue weighted by Crippen LogP contribution is -2.60. The van der Waals surface area contributed by atoms with Crippen LogP contribution in [0.4, 0.5) is 0 Å². The Kier molecular flexibility index (Phi) is 4.58. The van der Waals surface area contributed by atoms with Crippen molar-refractivity contribution in [3.63, 3.8) is 0 Å². The molecule has 1 aromatic rings. The fraction of sp³-hybridized carbons (Fsp3) is 0.609. The van der Waals surface area contributed by atoms with Crippen molar-refractivity contribution < 1.29 is 14.3 Å². The Hall–Kier alpha value is -1.77. The van der Waals surface area contributed by atoms with Crippen LogP contribution in [0, 0.1) is 23.7 Å². The highest BCUT2D eigenvalue weighted by molar-refractivity contribution is 5.75. The Morgan fingerprint density at radius 3 is 2.23 bits per heavy atom. The van der Waals surface area contributed by atoms with Gasteiger partial charge in [0, 0.05) is 0 Å². The zero-order chi connectivity index (χ0) is 18.3. The first kappa shape index (κ1) is 17.6. The average molecular weight is 354 g/mol. The molecule has 0 aromatic heterocycles. The van der Waals surface area contributed by atoms with Crippen molar-refractivity contribution in [2.24, 2.45) is 23.7 Å². The van der Waals surface area contributed by atoms with Crippen LogP contribution in [-0.2, 0) is 9.53 Å². The summed E-state index contributed by atoms with van der Waals surface area (Å²) in [4.78, 5) is 12.9. The van der Waals surface area contributed by atoms with Gasteiger partial charge in [0.2, 0.25) is 0 Å². The van der Waals surface area contributed by atoms with Gasteiger partial charge in [0.25, 0.3) is 0 Å². The van der Waals surface area contributed by atoms with Crippen LogP contribution in [0.2, 0.25) is 0 Å². The molecule has 0 aliphatic heterocycles. The summed E-state index contributed by atoms with van der Waals surface area (Å²) in [6.45, 7) is 7.74. The van der Waals surface area contributed by atoms with E-state index in [0.717, 1.165) is 23.8 Å². The Morgan fingerprint density at radius 2 is 1.73 bits per heavy atom. The second-order valence-electron chi connectivity index (χ2n) is 8.57. The van der Waals surface area contributed by atoms with Gasteiger partial charge in [-0.3, -0.25) is 0 Å². The summed E-state index contributed by atoms with van der Waals surface area (Å²) >= 11 is 0. The molecule has 4 fully saturated rings. The van der Waals surface area contributed by atoms with Gasteiger partial charge in [-0.15, -0.1) is 0 Å². The number of carbonyl (C=O) groups is 1. The molecular formula is C23H30O3. The van der Waals surface area contributed by atoms with Crippen molar-refractivity contribution in [3.8, 4) is 5.75 Å². The van der Waals surface area contributed by atoms with Crippen LogP contribution >= 0.6 is 0 Å². The van der Waals surface area contributed by atoms with E-state index in [1.165, 1.54) is 32.1 Å². The zero-order valence-electron chi connectivity index (χ0n) is 15.9. The van der Waals surface area contributed by atoms with E-state index in [1.807, 2.05) is 24.3 Å². The quantitative estimate of drug-likeness (QED) is 0.655. The molecule has 1 aromatic carbocycles. The molecule has 140 valence electrons. The minimum atomic E-state index is -0.592. The Labute approximate surface area is 156 Å². The molecule has 0 radical (unpaired) electrons. The predicted octanol–water partition coefficient (Wildman–Crippen LogP) is 5.25. The van der Waals surface area contributed by atoms with Crippen LogP contribution in [-0.4, -0.2) is 17.7 Å². The summed E-state index contributed by atoms with van der Waals surface area (Å²) in [6, 6.07) is 7.62. The van der Waals surface area contributed by atoms with E-state index >= 15 is 0 Å². The maximum Gasteiger partial charge on any atom is 0.347 e. The minimum Gasteiger partial charge on any atom is -0.479 e. The minimum absolute atomic E-state index is 0.216. The van der Waals surface area contributed by atoms with E-state index in [9.17, 15) is 4.79 Å². The Morgan fingerprint density at radius 1 is 1.15 bits per heavy atom. The highest BCUT2D eigenvalue weighted by atomic mass is 16.6. The first-order valence-corrected chi connectivity index (χ1v) is 10.2. The second-order valence-corrected chi connectivity index (χ2v) is 8.57. The SMILES string of the molecule is C=Cc1ccc(OC(C)C(=O)OC2(CC)C3CC4CC(C3)CC2C4)cc1. The summed E-state index contributed by atoms with van der Waals surface area (Å²) < 4.78 is 12.1. The molecule has 4 aliphatic rings. The first-order chi connectivity index (χ1) is 12.5. The van der Waals surface area contributed by atoms with Crippen molar-refractivity contribution in [1.29, 1.82) is 0 Å². The van der Waals surface area contributed by atoms with Crippen LogP contribution in [0.1, 0.15) is 57.9 Å². The van der Waals surface area contributed by atoms with E-state index in [0.29, 0.717) is 17.6 Å². The average Bonchev–Trinajstić information content (AvgIpc) is 2.64. The van der Waals surface area contributed by atoms with E-state index in [2.05, 4.69) is 13.5 Å². The molecule has 0 N–H and O–H groups in total. The lowest BCUT2D eigenvalue weighted by atomic mass is 9.49. The Balaban J connectivity index is 1.44. The van der Waals surface area contributed by atoms with Crippen LogP contribution in [0.15, 0.2) is 30.8 Å². The predicted molar refractivity (Wildman–Crippen MR) is 103 cm³/mol. The summed E-state index contributed by atoms with van der Waals surface area (Å²) in [7, 11) is 0. The van der Waals surface area contributed by atoms with Crippen molar-refractivity contribution >= 4 is 12.0 Å². The molecule has 4 bridgehead atoms. The van der Waals surface area contributed by atoms with Gasteiger partial charge in [-0.05, 0) is 86.8 Å². The van der Waals surface area contributed by atoms with Crippen molar-refractivity contribution in [2.45, 2.75) is 64.1 Å². The molecule has 5 rings (SSSR count). The van der Waals surface area contributed by atoms with E-state index < -0.39 is 6.10 Å². The number of benzene rings is 1. The fourth-order valence-electron chi connectivity index (χ4n) is 6.00. The summed E-state index contributed by atoms with van der Waals surface area (Å²) in [6.07, 6.45) is 8.50. The monoisotopic (exact) mass is 354 g/mol. The zero-order valence-corrected chi connectivity index (χ0v) is 15.9. The van der Waals surface area contributed by atoms with Crippen LogP contribution in [0.5, 0.6) is 5.75 Å². The second kappa shape index (κ2) is 6.75. The van der Waals surface area contributed by atoms with Crippen LogP contribution in [0.3, 0.4) is 0 Å². The molecule has 4 aliphatic carbocycles. The molecule has 3 nitrogen and oxygen atoms in total. The lowest BCUT2D eigenvalue weighted by molar-refractivity contribution is -0.215. The number of carbonyl (C=O) groups excluding carboxylic acids is 1. The number of esters is 1. The summed E-state index contributed by atoms with van der Waals surface area (Å²) in [5.41, 5.74) is 0.778. The van der Waals surface area contributed by atoms with E-state index in [1.54, 1.807) is 13.0 Å². The van der Waals surface area contributed by atoms with Gasteiger partial charge in [-0.1, -0.05) is 31.7 Å². The number of hydrogen-bond donors (Lipinski definition) is 0. The normalized spacial score (nSPS) is 35.8. The van der Waals surface area contributed by atoms with Crippen molar-refractivity contribution in [3.05, 3.63) is 36.4 Å². The largest absolute Gasteiger partial charge is 0.479 e. The third-order valence-corrected chi connectivity index (χ3v) is 7.12. The highest BCUT2D eigenvalue weighted by Gasteiger charge is 2.58. The summed E-state index contributed by atoms with van der Waals surface area (Å²) in [5.74, 6) is 3.31. The molecule has 26 heavy (non-hydrogen) atoms. The highest BCUT2D eigenvalue weighted by Crippen LogP contribution is 2.60. The summed E-state index contributed by atoms with van der Waals surface area (Å²) in [5, 5.41) is 0. The molecule has 1 unspecified atom stereocenters. The molecule has 1 atom stereocenters. The smallest absolute Gasteiger partial charge is 0.347 e. The van der Waals surface area contributed by atoms with Crippen molar-refractivity contribution in [1.82, 2.24) is 0 Å². The number of rotatable bonds is 6. The molecule has 0 spiro atoms. The van der Waals surface area contributed by atoms with Crippen molar-refractivity contribution in [2.75, 3.05) is 0 Å². The molecule has 4 saturated carbocycles. The van der Waals surface area contributed by atoms with E-state index in [-0.39, 0.29) is 11.6 Å². The van der Waals surface area contributed by atoms with Gasteiger partial charge in [0.15, 0.2) is 6.10 Å². The molecule has 0 saturated heterocycles. The third-order valence-electron chi connectivity index (χ3n) is 7.12. The molecule has 0 heterocycles. The molecule has 0 amide bonds. The number of hydrogen-bond acceptors (Lipinski definition) is 3. The fourth-order valence-corrected chi connectivity index (χ4v) is 6.00. The topological polar surface area (TPSA) is 35.5 Å². The van der Waals surface area contributed by atoms with Crippen LogP contribution in [0.25, 0.3) is 6.08 Å². The molecular weight excluding hydrogens is 324 g/mol. The van der Waals surface area contributed by atoms with Crippen LogP contribution < -0.4 is 4.74 Å². The standard InChI is InChI=1S/C23H30O3/c1-4-16-6-8-21(9-7-16)25-15(3)22(24)26-23(5-2)19-11-17-10-18(13-19)14-20(23)12-17/h4,6-9,15,17-20H,1,5,10-14H2,2-3H3. The van der Waals surface area contributed by atoms with Gasteiger partial charge in [-0.25, -0.2) is 4.79 Å². The maximum absolute atomic E-state index is 12.9. The first-order valence-electron chi connectivity index (χ1n) is 10.2. The van der Waals surface area contributed by atoms with E-state index in [4.69, 9.17) is 9.47 Å². The van der Waals surface area contributed by atoms with Gasteiger partial charge >= 0.3 is 5.97 Å². The van der Waals surface area contributed by atoms with Gasteiger partial charge < -0.3 is 9.47 Å². The van der Waals surface area contributed by atoms with Gasteiger partial charge in [0.05, 0.1) is 0 Å². The maximum atomic E-state index is 12.9. The lowest BCUT2D eigenvalue weighted by Gasteiger charge is -2.60. The van der Waals surface area contributed by atoms with Gasteiger partial charge in [-0.2, -0.15) is 0 Å². The molecule has 3 heteroatoms.